The highest BCUT2D eigenvalue weighted by Gasteiger charge is 2.25. The van der Waals surface area contributed by atoms with Crippen LogP contribution >= 0.6 is 11.6 Å². The number of aromatic nitrogens is 1. The van der Waals surface area contributed by atoms with Gasteiger partial charge in [-0.25, -0.2) is 13.4 Å². The molecule has 0 saturated carbocycles. The molecule has 8 nitrogen and oxygen atoms in total. The predicted octanol–water partition coefficient (Wildman–Crippen LogP) is 2.01. The second-order valence-corrected chi connectivity index (χ2v) is 8.17. The first-order valence-corrected chi connectivity index (χ1v) is 10.00. The van der Waals surface area contributed by atoms with Crippen molar-refractivity contribution in [3.8, 4) is 0 Å². The average Bonchev–Trinajstić information content (AvgIpc) is 3.04. The van der Waals surface area contributed by atoms with Gasteiger partial charge in [-0.2, -0.15) is 0 Å². The Kier molecular flexibility index (Phi) is 4.50. The van der Waals surface area contributed by atoms with E-state index in [1.807, 2.05) is 17.0 Å². The van der Waals surface area contributed by atoms with Crippen molar-refractivity contribution in [1.29, 1.82) is 0 Å². The van der Waals surface area contributed by atoms with Gasteiger partial charge >= 0.3 is 0 Å². The lowest BCUT2D eigenvalue weighted by Gasteiger charge is -2.11. The summed E-state index contributed by atoms with van der Waals surface area (Å²) in [6.07, 6.45) is 0.0579. The zero-order valence-corrected chi connectivity index (χ0v) is 15.8. The fourth-order valence-electron chi connectivity index (χ4n) is 2.86. The molecule has 3 N–H and O–H groups in total. The van der Waals surface area contributed by atoms with Crippen molar-refractivity contribution in [2.45, 2.75) is 11.3 Å². The zero-order valence-electron chi connectivity index (χ0n) is 14.2. The molecule has 1 aromatic heterocycles. The van der Waals surface area contributed by atoms with Gasteiger partial charge < -0.3 is 5.32 Å². The lowest BCUT2D eigenvalue weighted by molar-refractivity contribution is -0.115. The van der Waals surface area contributed by atoms with E-state index in [1.165, 1.54) is 18.2 Å². The number of sulfonamides is 1. The van der Waals surface area contributed by atoms with Crippen molar-refractivity contribution in [2.75, 3.05) is 5.32 Å². The molecular weight excluding hydrogens is 404 g/mol. The molecule has 2 heterocycles. The highest BCUT2D eigenvalue weighted by molar-refractivity contribution is 7.89. The van der Waals surface area contributed by atoms with Crippen LogP contribution in [0.3, 0.4) is 0 Å². The lowest BCUT2D eigenvalue weighted by Crippen LogP contribution is -2.42. The van der Waals surface area contributed by atoms with E-state index in [-0.39, 0.29) is 27.9 Å². The minimum absolute atomic E-state index is 0.0521. The fraction of sp³-hybridized carbons (Fsp3) is 0.0556. The number of anilines is 1. The Balaban J connectivity index is 1.54. The summed E-state index contributed by atoms with van der Waals surface area (Å²) < 4.78 is 25.1. The summed E-state index contributed by atoms with van der Waals surface area (Å²) in [5.41, 5.74) is 3.77. The standard InChI is InChI=1S/C18H13ClN4O4S/c19-12-9-15-11(8-17(24)21-15)7-16(12)28(26,27)23-22-18(25)14-6-5-10-3-1-2-4-13(10)20-14/h1-7,9,23H,8H2,(H,21,24)(H,22,25). The van der Waals surface area contributed by atoms with Crippen LogP contribution in [0.2, 0.25) is 5.02 Å². The van der Waals surface area contributed by atoms with E-state index in [0.717, 1.165) is 5.39 Å². The van der Waals surface area contributed by atoms with E-state index >= 15 is 0 Å². The van der Waals surface area contributed by atoms with Crippen LogP contribution in [0.4, 0.5) is 5.69 Å². The first-order valence-electron chi connectivity index (χ1n) is 8.14. The number of hydrogen-bond donors (Lipinski definition) is 3. The highest BCUT2D eigenvalue weighted by Crippen LogP contribution is 2.32. The fourth-order valence-corrected chi connectivity index (χ4v) is 4.27. The minimum Gasteiger partial charge on any atom is -0.325 e. The summed E-state index contributed by atoms with van der Waals surface area (Å²) >= 11 is 6.04. The van der Waals surface area contributed by atoms with E-state index < -0.39 is 15.9 Å². The van der Waals surface area contributed by atoms with Gasteiger partial charge in [-0.05, 0) is 29.8 Å². The number of nitrogens with zero attached hydrogens (tertiary/aromatic N) is 1. The Morgan fingerprint density at radius 2 is 1.93 bits per heavy atom. The SMILES string of the molecule is O=C1Cc2cc(S(=O)(=O)NNC(=O)c3ccc4ccccc4n3)c(Cl)cc2N1. The van der Waals surface area contributed by atoms with Crippen molar-refractivity contribution in [1.82, 2.24) is 15.2 Å². The first-order chi connectivity index (χ1) is 13.3. The maximum Gasteiger partial charge on any atom is 0.284 e. The summed E-state index contributed by atoms with van der Waals surface area (Å²) in [7, 11) is -4.16. The van der Waals surface area contributed by atoms with Crippen LogP contribution in [0.1, 0.15) is 16.1 Å². The van der Waals surface area contributed by atoms with Crippen LogP contribution in [0, 0.1) is 0 Å². The number of pyridine rings is 1. The first kappa shape index (κ1) is 18.4. The summed E-state index contributed by atoms with van der Waals surface area (Å²) in [6.45, 7) is 0. The van der Waals surface area contributed by atoms with Gasteiger partial charge in [0.25, 0.3) is 15.9 Å². The Hall–Kier alpha value is -3.01. The number of benzene rings is 2. The number of rotatable bonds is 4. The summed E-state index contributed by atoms with van der Waals surface area (Å²) in [4.78, 5) is 29.7. The smallest absolute Gasteiger partial charge is 0.284 e. The van der Waals surface area contributed by atoms with Gasteiger partial charge in [0, 0.05) is 11.1 Å². The number of fused-ring (bicyclic) bond motifs is 2. The quantitative estimate of drug-likeness (QED) is 0.562. The number of carbonyl (C=O) groups is 2. The zero-order chi connectivity index (χ0) is 19.9. The summed E-state index contributed by atoms with van der Waals surface area (Å²) in [5.74, 6) is -0.965. The molecule has 142 valence electrons. The van der Waals surface area contributed by atoms with Gasteiger partial charge in [-0.3, -0.25) is 15.0 Å². The Bertz CT molecular complexity index is 1240. The van der Waals surface area contributed by atoms with Crippen LogP contribution in [0.25, 0.3) is 10.9 Å². The molecule has 1 aliphatic heterocycles. The number of nitrogens with one attached hydrogen (secondary N) is 3. The molecule has 0 aliphatic carbocycles. The Labute approximate surface area is 164 Å². The molecule has 3 aromatic rings. The van der Waals surface area contributed by atoms with Crippen molar-refractivity contribution in [3.05, 3.63) is 64.8 Å². The topological polar surface area (TPSA) is 117 Å². The number of halogens is 1. The Morgan fingerprint density at radius 3 is 2.75 bits per heavy atom. The van der Waals surface area contributed by atoms with Gasteiger partial charge in [-0.15, -0.1) is 4.83 Å². The second kappa shape index (κ2) is 6.86. The van der Waals surface area contributed by atoms with Crippen LogP contribution in [-0.4, -0.2) is 25.2 Å². The normalized spacial score (nSPS) is 13.2. The second-order valence-electron chi connectivity index (χ2n) is 6.11. The maximum atomic E-state index is 12.5. The lowest BCUT2D eigenvalue weighted by atomic mass is 10.2. The molecule has 10 heteroatoms. The number of para-hydroxylation sites is 1. The predicted molar refractivity (Wildman–Crippen MR) is 103 cm³/mol. The highest BCUT2D eigenvalue weighted by atomic mass is 35.5. The number of hydrazine groups is 1. The molecule has 2 aromatic carbocycles. The van der Waals surface area contributed by atoms with Gasteiger partial charge in [0.1, 0.15) is 10.6 Å². The van der Waals surface area contributed by atoms with Crippen molar-refractivity contribution >= 4 is 50.0 Å². The molecule has 4 rings (SSSR count). The average molecular weight is 417 g/mol. The van der Waals surface area contributed by atoms with Gasteiger partial charge in [0.15, 0.2) is 0 Å². The molecule has 0 saturated heterocycles. The third-order valence-corrected chi connectivity index (χ3v) is 5.91. The molecular formula is C18H13ClN4O4S. The van der Waals surface area contributed by atoms with E-state index in [4.69, 9.17) is 11.6 Å². The molecule has 0 unspecified atom stereocenters. The molecule has 0 spiro atoms. The van der Waals surface area contributed by atoms with Crippen LogP contribution in [0.5, 0.6) is 0 Å². The largest absolute Gasteiger partial charge is 0.325 e. The van der Waals surface area contributed by atoms with E-state index in [2.05, 4.69) is 15.7 Å². The van der Waals surface area contributed by atoms with Gasteiger partial charge in [0.05, 0.1) is 17.0 Å². The maximum absolute atomic E-state index is 12.5. The molecule has 0 bridgehead atoms. The number of amides is 2. The van der Waals surface area contributed by atoms with Crippen molar-refractivity contribution < 1.29 is 18.0 Å². The Morgan fingerprint density at radius 1 is 1.14 bits per heavy atom. The molecule has 1 aliphatic rings. The minimum atomic E-state index is -4.16. The third-order valence-electron chi connectivity index (χ3n) is 4.20. The van der Waals surface area contributed by atoms with Crippen LogP contribution in [-0.2, 0) is 21.2 Å². The molecule has 0 atom stereocenters. The molecule has 0 fully saturated rings. The van der Waals surface area contributed by atoms with Crippen LogP contribution in [0.15, 0.2) is 53.4 Å². The van der Waals surface area contributed by atoms with Gasteiger partial charge in [-0.1, -0.05) is 35.9 Å². The molecule has 28 heavy (non-hydrogen) atoms. The number of carbonyl (C=O) groups excluding carboxylic acids is 2. The molecule has 2 amide bonds. The van der Waals surface area contributed by atoms with E-state index in [0.29, 0.717) is 16.8 Å². The van der Waals surface area contributed by atoms with E-state index in [1.54, 1.807) is 18.2 Å². The monoisotopic (exact) mass is 416 g/mol. The van der Waals surface area contributed by atoms with E-state index in [9.17, 15) is 18.0 Å². The number of hydrogen-bond acceptors (Lipinski definition) is 5. The van der Waals surface area contributed by atoms with Crippen molar-refractivity contribution in [3.63, 3.8) is 0 Å². The summed E-state index contributed by atoms with van der Waals surface area (Å²) in [5, 5.41) is 3.36. The van der Waals surface area contributed by atoms with Gasteiger partial charge in [0.2, 0.25) is 5.91 Å². The van der Waals surface area contributed by atoms with Crippen molar-refractivity contribution in [2.24, 2.45) is 0 Å². The third kappa shape index (κ3) is 3.42. The molecule has 0 radical (unpaired) electrons. The van der Waals surface area contributed by atoms with Crippen LogP contribution < -0.4 is 15.6 Å². The summed E-state index contributed by atoms with van der Waals surface area (Å²) in [6, 6.07) is 13.1.